The zero-order valence-electron chi connectivity index (χ0n) is 21.5. The van der Waals surface area contributed by atoms with Crippen molar-refractivity contribution in [3.05, 3.63) is 94.8 Å². The van der Waals surface area contributed by atoms with Crippen molar-refractivity contribution in [2.75, 3.05) is 27.3 Å². The standard InChI is InChI=1S/C30H35FN2O3/c1-20-12-24(10-11-29(20)31)25-15-26(30(34)32-21(2)23-8-6-5-7-9-23)19-33(18-25)17-22-13-27(35-3)16-28(14-22)36-4/h5-14,16,21,25-26H,15,17-19H2,1-4H3,(H,32,34)/t21-,25-,26+/m0/s1. The van der Waals surface area contributed by atoms with Gasteiger partial charge in [0.15, 0.2) is 0 Å². The molecule has 5 nitrogen and oxygen atoms in total. The van der Waals surface area contributed by atoms with Gasteiger partial charge in [0, 0.05) is 25.7 Å². The highest BCUT2D eigenvalue weighted by molar-refractivity contribution is 5.79. The van der Waals surface area contributed by atoms with Gasteiger partial charge in [0.25, 0.3) is 0 Å². The van der Waals surface area contributed by atoms with Crippen LogP contribution in [0.4, 0.5) is 4.39 Å². The molecule has 190 valence electrons. The van der Waals surface area contributed by atoms with Crippen molar-refractivity contribution < 1.29 is 18.7 Å². The lowest BCUT2D eigenvalue weighted by molar-refractivity contribution is -0.127. The summed E-state index contributed by atoms with van der Waals surface area (Å²) in [6, 6.07) is 21.1. The lowest BCUT2D eigenvalue weighted by Gasteiger charge is -2.38. The van der Waals surface area contributed by atoms with E-state index in [9.17, 15) is 9.18 Å². The second-order valence-corrected chi connectivity index (χ2v) is 9.69. The van der Waals surface area contributed by atoms with Crippen molar-refractivity contribution in [3.8, 4) is 11.5 Å². The average Bonchev–Trinajstić information content (AvgIpc) is 2.90. The Morgan fingerprint density at radius 2 is 1.72 bits per heavy atom. The zero-order valence-corrected chi connectivity index (χ0v) is 21.5. The van der Waals surface area contributed by atoms with Crippen molar-refractivity contribution >= 4 is 5.91 Å². The minimum atomic E-state index is -0.208. The summed E-state index contributed by atoms with van der Waals surface area (Å²) in [6.07, 6.45) is 0.719. The number of hydrogen-bond donors (Lipinski definition) is 1. The zero-order chi connectivity index (χ0) is 25.7. The van der Waals surface area contributed by atoms with Gasteiger partial charge in [-0.15, -0.1) is 0 Å². The first-order chi connectivity index (χ1) is 17.4. The molecule has 1 aliphatic rings. The fourth-order valence-corrected chi connectivity index (χ4v) is 5.04. The molecule has 4 rings (SSSR count). The lowest BCUT2D eigenvalue weighted by Crippen LogP contribution is -2.45. The smallest absolute Gasteiger partial charge is 0.224 e. The van der Waals surface area contributed by atoms with Crippen LogP contribution in [0, 0.1) is 18.7 Å². The molecule has 0 spiro atoms. The Kier molecular flexibility index (Phi) is 8.26. The van der Waals surface area contributed by atoms with Gasteiger partial charge in [0.2, 0.25) is 5.91 Å². The second-order valence-electron chi connectivity index (χ2n) is 9.69. The van der Waals surface area contributed by atoms with Crippen LogP contribution in [0.1, 0.15) is 47.6 Å². The van der Waals surface area contributed by atoms with Gasteiger partial charge in [-0.2, -0.15) is 0 Å². The number of likely N-dealkylation sites (tertiary alicyclic amines) is 1. The Morgan fingerprint density at radius 3 is 2.36 bits per heavy atom. The van der Waals surface area contributed by atoms with Crippen LogP contribution in [0.25, 0.3) is 0 Å². The number of halogens is 1. The normalized spacial score (nSPS) is 18.9. The number of methoxy groups -OCH3 is 2. The van der Waals surface area contributed by atoms with E-state index in [4.69, 9.17) is 9.47 Å². The lowest BCUT2D eigenvalue weighted by atomic mass is 9.83. The summed E-state index contributed by atoms with van der Waals surface area (Å²) in [6.45, 7) is 5.87. The summed E-state index contributed by atoms with van der Waals surface area (Å²) in [4.78, 5) is 15.7. The van der Waals surface area contributed by atoms with Crippen LogP contribution in [-0.2, 0) is 11.3 Å². The van der Waals surface area contributed by atoms with Crippen molar-refractivity contribution in [2.24, 2.45) is 5.92 Å². The number of ether oxygens (including phenoxy) is 2. The monoisotopic (exact) mass is 490 g/mol. The molecule has 1 amide bonds. The van der Waals surface area contributed by atoms with Crippen molar-refractivity contribution in [1.82, 2.24) is 10.2 Å². The van der Waals surface area contributed by atoms with Gasteiger partial charge >= 0.3 is 0 Å². The van der Waals surface area contributed by atoms with Crippen LogP contribution in [0.2, 0.25) is 0 Å². The number of amides is 1. The number of nitrogens with one attached hydrogen (secondary N) is 1. The van der Waals surface area contributed by atoms with Gasteiger partial charge in [-0.3, -0.25) is 9.69 Å². The molecule has 0 aliphatic carbocycles. The topological polar surface area (TPSA) is 50.8 Å². The first-order valence-electron chi connectivity index (χ1n) is 12.4. The highest BCUT2D eigenvalue weighted by atomic mass is 19.1. The maximum atomic E-state index is 14.0. The highest BCUT2D eigenvalue weighted by Crippen LogP contribution is 2.33. The van der Waals surface area contributed by atoms with Gasteiger partial charge in [-0.1, -0.05) is 42.5 Å². The van der Waals surface area contributed by atoms with Gasteiger partial charge in [0.05, 0.1) is 26.2 Å². The number of benzene rings is 3. The third kappa shape index (κ3) is 6.24. The molecule has 3 aromatic rings. The SMILES string of the molecule is COc1cc(CN2C[C@H](C(=O)N[C@@H](C)c3ccccc3)C[C@H](c3ccc(F)c(C)c3)C2)cc(OC)c1. The van der Waals surface area contributed by atoms with E-state index in [-0.39, 0.29) is 29.6 Å². The van der Waals surface area contributed by atoms with E-state index >= 15 is 0 Å². The molecule has 0 bridgehead atoms. The summed E-state index contributed by atoms with van der Waals surface area (Å²) in [5.74, 6) is 1.24. The van der Waals surface area contributed by atoms with Crippen molar-refractivity contribution in [2.45, 2.75) is 38.8 Å². The van der Waals surface area contributed by atoms with Crippen LogP contribution in [0.3, 0.4) is 0 Å². The predicted molar refractivity (Wildman–Crippen MR) is 140 cm³/mol. The van der Waals surface area contributed by atoms with E-state index in [1.54, 1.807) is 21.1 Å². The first kappa shape index (κ1) is 25.7. The average molecular weight is 491 g/mol. The van der Waals surface area contributed by atoms with Gasteiger partial charge in [-0.25, -0.2) is 4.39 Å². The fraction of sp³-hybridized carbons (Fsp3) is 0.367. The molecule has 1 fully saturated rings. The van der Waals surface area contributed by atoms with Crippen LogP contribution < -0.4 is 14.8 Å². The molecule has 1 N–H and O–H groups in total. The van der Waals surface area contributed by atoms with Crippen LogP contribution in [-0.4, -0.2) is 38.1 Å². The molecule has 0 saturated carbocycles. The van der Waals surface area contributed by atoms with E-state index in [1.165, 1.54) is 6.07 Å². The molecule has 36 heavy (non-hydrogen) atoms. The van der Waals surface area contributed by atoms with E-state index in [0.29, 0.717) is 18.7 Å². The van der Waals surface area contributed by atoms with E-state index < -0.39 is 0 Å². The summed E-state index contributed by atoms with van der Waals surface area (Å²) in [7, 11) is 3.28. The summed E-state index contributed by atoms with van der Waals surface area (Å²) >= 11 is 0. The molecule has 0 aromatic heterocycles. The molecule has 6 heteroatoms. The highest BCUT2D eigenvalue weighted by Gasteiger charge is 2.33. The minimum Gasteiger partial charge on any atom is -0.497 e. The largest absolute Gasteiger partial charge is 0.497 e. The summed E-state index contributed by atoms with van der Waals surface area (Å²) in [5.41, 5.74) is 3.82. The number of rotatable bonds is 8. The molecule has 1 aliphatic heterocycles. The van der Waals surface area contributed by atoms with Crippen molar-refractivity contribution in [3.63, 3.8) is 0 Å². The number of aryl methyl sites for hydroxylation is 1. The van der Waals surface area contributed by atoms with Crippen LogP contribution in [0.15, 0.2) is 66.7 Å². The summed E-state index contributed by atoms with van der Waals surface area (Å²) in [5, 5.41) is 3.21. The number of carbonyl (C=O) groups excluding carboxylic acids is 1. The maximum absolute atomic E-state index is 14.0. The molecular weight excluding hydrogens is 455 g/mol. The van der Waals surface area contributed by atoms with Crippen LogP contribution >= 0.6 is 0 Å². The van der Waals surface area contributed by atoms with Gasteiger partial charge in [-0.05, 0) is 66.6 Å². The van der Waals surface area contributed by atoms with Crippen LogP contribution in [0.5, 0.6) is 11.5 Å². The Bertz CT molecular complexity index is 1160. The van der Waals surface area contributed by atoms with E-state index in [2.05, 4.69) is 10.2 Å². The van der Waals surface area contributed by atoms with E-state index in [1.807, 2.05) is 67.6 Å². The third-order valence-electron chi connectivity index (χ3n) is 7.03. The first-order valence-corrected chi connectivity index (χ1v) is 12.4. The quantitative estimate of drug-likeness (QED) is 0.444. The predicted octanol–water partition coefficient (Wildman–Crippen LogP) is 5.63. The summed E-state index contributed by atoms with van der Waals surface area (Å²) < 4.78 is 24.9. The Morgan fingerprint density at radius 1 is 1.03 bits per heavy atom. The Balaban J connectivity index is 1.57. The molecule has 1 saturated heterocycles. The number of piperidine rings is 1. The molecule has 3 atom stereocenters. The van der Waals surface area contributed by atoms with Crippen molar-refractivity contribution in [1.29, 1.82) is 0 Å². The third-order valence-corrected chi connectivity index (χ3v) is 7.03. The fourth-order valence-electron chi connectivity index (χ4n) is 5.04. The van der Waals surface area contributed by atoms with E-state index in [0.717, 1.165) is 41.2 Å². The molecule has 0 radical (unpaired) electrons. The van der Waals surface area contributed by atoms with Gasteiger partial charge in [0.1, 0.15) is 17.3 Å². The Hall–Kier alpha value is -3.38. The Labute approximate surface area is 213 Å². The number of hydrogen-bond acceptors (Lipinski definition) is 4. The van der Waals surface area contributed by atoms with Gasteiger partial charge < -0.3 is 14.8 Å². The number of carbonyl (C=O) groups is 1. The minimum absolute atomic E-state index is 0.0445. The number of nitrogens with zero attached hydrogens (tertiary/aromatic N) is 1. The molecule has 0 unspecified atom stereocenters. The molecular formula is C30H35FN2O3. The maximum Gasteiger partial charge on any atom is 0.224 e. The second kappa shape index (κ2) is 11.6. The molecule has 3 aromatic carbocycles. The molecule has 1 heterocycles.